The molecule has 3 N–H and O–H groups in total. The Morgan fingerprint density at radius 2 is 2.25 bits per heavy atom. The maximum Gasteiger partial charge on any atom is 0.351 e. The van der Waals surface area contributed by atoms with Gasteiger partial charge in [-0.2, -0.15) is 4.57 Å². The fourth-order valence-corrected chi connectivity index (χ4v) is 2.15. The molecule has 1 rings (SSSR count). The number of ether oxygens (including phenoxy) is 1. The lowest BCUT2D eigenvalue weighted by Gasteiger charge is -2.15. The molecule has 0 spiro atoms. The number of hydrogen-bond acceptors (Lipinski definition) is 8. The number of imidazole rings is 1. The summed E-state index contributed by atoms with van der Waals surface area (Å²) in [5.41, 5.74) is 1.59. The number of nitrogens with zero attached hydrogens (tertiary/aromatic N) is 3. The van der Waals surface area contributed by atoms with Gasteiger partial charge in [-0.15, -0.1) is 0 Å². The van der Waals surface area contributed by atoms with Gasteiger partial charge in [0.1, 0.15) is 6.20 Å². The molecule has 1 heterocycles. The zero-order valence-corrected chi connectivity index (χ0v) is 13.8. The SMILES string of the molecule is CCOC(=O)C(CCC(=O)NC(=S)NO)n1c([N+](=O)[O-])cnc1C. The molecule has 0 aliphatic heterocycles. The van der Waals surface area contributed by atoms with Crippen molar-refractivity contribution in [1.29, 1.82) is 0 Å². The molecule has 1 unspecified atom stereocenters. The molecule has 1 atom stereocenters. The van der Waals surface area contributed by atoms with Crippen LogP contribution in [0.5, 0.6) is 0 Å². The zero-order valence-electron chi connectivity index (χ0n) is 13.0. The van der Waals surface area contributed by atoms with Gasteiger partial charge in [0.15, 0.2) is 10.9 Å². The van der Waals surface area contributed by atoms with Crippen molar-refractivity contribution in [3.63, 3.8) is 0 Å². The quantitative estimate of drug-likeness (QED) is 0.271. The molecule has 0 saturated carbocycles. The summed E-state index contributed by atoms with van der Waals surface area (Å²) in [5, 5.41) is 21.5. The van der Waals surface area contributed by atoms with Crippen molar-refractivity contribution in [2.24, 2.45) is 0 Å². The molecule has 24 heavy (non-hydrogen) atoms. The standard InChI is InChI=1S/C12H17N5O6S/c1-3-23-11(19)8(4-5-9(18)14-12(24)15-20)16-7(2)13-6-10(16)17(21)22/h6,8,20H,3-5H2,1-2H3,(H2,14,15,18,24). The Kier molecular flexibility index (Phi) is 7.20. The molecule has 1 aromatic rings. The van der Waals surface area contributed by atoms with E-state index in [0.717, 1.165) is 10.8 Å². The molecule has 0 aromatic carbocycles. The number of nitrogens with one attached hydrogen (secondary N) is 2. The predicted molar refractivity (Wildman–Crippen MR) is 84.2 cm³/mol. The van der Waals surface area contributed by atoms with E-state index in [4.69, 9.17) is 9.94 Å². The normalized spacial score (nSPS) is 11.5. The van der Waals surface area contributed by atoms with Gasteiger partial charge in [0, 0.05) is 19.8 Å². The predicted octanol–water partition coefficient (Wildman–Crippen LogP) is 0.364. The lowest BCUT2D eigenvalue weighted by Crippen LogP contribution is -2.38. The summed E-state index contributed by atoms with van der Waals surface area (Å²) in [4.78, 5) is 38.1. The van der Waals surface area contributed by atoms with Crippen LogP contribution in [0, 0.1) is 17.0 Å². The summed E-state index contributed by atoms with van der Waals surface area (Å²) in [6.07, 6.45) is 0.781. The second-order valence-electron chi connectivity index (χ2n) is 4.59. The minimum Gasteiger partial charge on any atom is -0.463 e. The summed E-state index contributed by atoms with van der Waals surface area (Å²) in [6, 6.07) is -1.09. The lowest BCUT2D eigenvalue weighted by molar-refractivity contribution is -0.392. The molecule has 1 aromatic heterocycles. The molecule has 0 saturated heterocycles. The Morgan fingerprint density at radius 1 is 1.58 bits per heavy atom. The summed E-state index contributed by atoms with van der Waals surface area (Å²) >= 11 is 4.57. The van der Waals surface area contributed by atoms with Crippen LogP contribution < -0.4 is 10.8 Å². The van der Waals surface area contributed by atoms with E-state index in [2.05, 4.69) is 22.5 Å². The minimum atomic E-state index is -1.09. The van der Waals surface area contributed by atoms with Crippen molar-refractivity contribution >= 4 is 35.0 Å². The van der Waals surface area contributed by atoms with Crippen LogP contribution in [0.4, 0.5) is 5.82 Å². The number of nitro groups is 1. The van der Waals surface area contributed by atoms with Gasteiger partial charge in [0.05, 0.1) is 6.61 Å². The first-order valence-corrected chi connectivity index (χ1v) is 7.31. The van der Waals surface area contributed by atoms with Crippen molar-refractivity contribution in [2.75, 3.05) is 6.61 Å². The number of esters is 1. The van der Waals surface area contributed by atoms with Gasteiger partial charge < -0.3 is 20.2 Å². The Morgan fingerprint density at radius 3 is 2.79 bits per heavy atom. The van der Waals surface area contributed by atoms with Crippen LogP contribution in [0.25, 0.3) is 0 Å². The average Bonchev–Trinajstić information content (AvgIpc) is 2.89. The van der Waals surface area contributed by atoms with Crippen LogP contribution in [0.3, 0.4) is 0 Å². The Balaban J connectivity index is 3.00. The van der Waals surface area contributed by atoms with E-state index >= 15 is 0 Å². The van der Waals surface area contributed by atoms with Crippen LogP contribution in [-0.2, 0) is 14.3 Å². The topological polar surface area (TPSA) is 149 Å². The van der Waals surface area contributed by atoms with Gasteiger partial charge in [-0.05, 0) is 24.1 Å². The molecule has 12 heteroatoms. The molecule has 1 amide bonds. The molecular formula is C12H17N5O6S. The van der Waals surface area contributed by atoms with Crippen molar-refractivity contribution < 1.29 is 24.5 Å². The van der Waals surface area contributed by atoms with Crippen LogP contribution in [-0.4, -0.2) is 43.3 Å². The van der Waals surface area contributed by atoms with Crippen molar-refractivity contribution in [2.45, 2.75) is 32.7 Å². The number of carbonyl (C=O) groups excluding carboxylic acids is 2. The third kappa shape index (κ3) is 4.96. The number of carbonyl (C=O) groups is 2. The fraction of sp³-hybridized carbons (Fsp3) is 0.500. The first-order chi connectivity index (χ1) is 11.3. The summed E-state index contributed by atoms with van der Waals surface area (Å²) < 4.78 is 6.05. The van der Waals surface area contributed by atoms with Gasteiger partial charge in [0.25, 0.3) is 0 Å². The minimum absolute atomic E-state index is 0.0727. The molecule has 11 nitrogen and oxygen atoms in total. The van der Waals surface area contributed by atoms with Crippen LogP contribution >= 0.6 is 12.2 Å². The number of hydrogen-bond donors (Lipinski definition) is 3. The highest BCUT2D eigenvalue weighted by molar-refractivity contribution is 7.80. The number of rotatable bonds is 7. The van der Waals surface area contributed by atoms with Gasteiger partial charge in [-0.25, -0.2) is 15.3 Å². The van der Waals surface area contributed by atoms with E-state index in [1.165, 1.54) is 6.92 Å². The number of hydroxylamine groups is 1. The second kappa shape index (κ2) is 8.88. The molecule has 0 aliphatic rings. The van der Waals surface area contributed by atoms with Gasteiger partial charge >= 0.3 is 11.8 Å². The third-order valence-electron chi connectivity index (χ3n) is 3.02. The molecule has 0 aliphatic carbocycles. The number of aryl methyl sites for hydroxylation is 1. The van der Waals surface area contributed by atoms with E-state index in [-0.39, 0.29) is 36.2 Å². The van der Waals surface area contributed by atoms with E-state index in [9.17, 15) is 19.7 Å². The Labute approximate surface area is 142 Å². The summed E-state index contributed by atoms with van der Waals surface area (Å²) in [5.74, 6) is -1.42. The largest absolute Gasteiger partial charge is 0.463 e. The second-order valence-corrected chi connectivity index (χ2v) is 4.99. The number of thiocarbonyl (C=S) groups is 1. The van der Waals surface area contributed by atoms with Crippen molar-refractivity contribution in [3.05, 3.63) is 22.1 Å². The zero-order chi connectivity index (χ0) is 18.3. The highest BCUT2D eigenvalue weighted by Crippen LogP contribution is 2.25. The first-order valence-electron chi connectivity index (χ1n) is 6.90. The monoisotopic (exact) mass is 359 g/mol. The molecule has 0 fully saturated rings. The summed E-state index contributed by atoms with van der Waals surface area (Å²) in [6.45, 7) is 3.19. The molecule has 0 radical (unpaired) electrons. The Hall–Kier alpha value is -2.60. The first kappa shape index (κ1) is 19.4. The van der Waals surface area contributed by atoms with Crippen molar-refractivity contribution in [3.8, 4) is 0 Å². The van der Waals surface area contributed by atoms with Crippen LogP contribution in [0.15, 0.2) is 6.20 Å². The van der Waals surface area contributed by atoms with E-state index in [0.29, 0.717) is 0 Å². The van der Waals surface area contributed by atoms with Gasteiger partial charge in [-0.1, -0.05) is 0 Å². The lowest BCUT2D eigenvalue weighted by atomic mass is 10.1. The molecule has 132 valence electrons. The van der Waals surface area contributed by atoms with Gasteiger partial charge in [-0.3, -0.25) is 10.0 Å². The summed E-state index contributed by atoms with van der Waals surface area (Å²) in [7, 11) is 0. The van der Waals surface area contributed by atoms with Gasteiger partial charge in [0.2, 0.25) is 11.9 Å². The maximum atomic E-state index is 12.2. The average molecular weight is 359 g/mol. The van der Waals surface area contributed by atoms with E-state index in [1.54, 1.807) is 12.4 Å². The van der Waals surface area contributed by atoms with E-state index < -0.39 is 22.8 Å². The van der Waals surface area contributed by atoms with Crippen LogP contribution in [0.2, 0.25) is 0 Å². The molecule has 0 bridgehead atoms. The molecular weight excluding hydrogens is 342 g/mol. The fourth-order valence-electron chi connectivity index (χ4n) is 2.04. The number of amides is 1. The smallest absolute Gasteiger partial charge is 0.351 e. The highest BCUT2D eigenvalue weighted by atomic mass is 32.1. The third-order valence-corrected chi connectivity index (χ3v) is 3.21. The highest BCUT2D eigenvalue weighted by Gasteiger charge is 2.33. The maximum absolute atomic E-state index is 12.2. The Bertz CT molecular complexity index is 646. The number of aromatic nitrogens is 2. The van der Waals surface area contributed by atoms with E-state index in [1.807, 2.05) is 0 Å². The van der Waals surface area contributed by atoms with Crippen molar-refractivity contribution in [1.82, 2.24) is 20.3 Å². The van der Waals surface area contributed by atoms with Crippen LogP contribution in [0.1, 0.15) is 31.6 Å².